The van der Waals surface area contributed by atoms with E-state index in [1.807, 2.05) is 13.8 Å². The Kier molecular flexibility index (Phi) is 11.1. The number of aliphatic hydroxyl groups is 6. The average Bonchev–Trinajstić information content (AvgIpc) is 3.67. The molecular formula is C41H64O14. The van der Waals surface area contributed by atoms with Gasteiger partial charge in [0.2, 0.25) is 0 Å². The zero-order valence-corrected chi connectivity index (χ0v) is 32.9. The van der Waals surface area contributed by atoms with Crippen LogP contribution in [0.3, 0.4) is 0 Å². The summed E-state index contributed by atoms with van der Waals surface area (Å²) in [5.74, 6) is 0.204. The zero-order chi connectivity index (χ0) is 39.2. The highest BCUT2D eigenvalue weighted by atomic mass is 16.7. The summed E-state index contributed by atoms with van der Waals surface area (Å²) in [4.78, 5) is 11.9. The van der Waals surface area contributed by atoms with Crippen molar-refractivity contribution in [3.8, 4) is 0 Å². The van der Waals surface area contributed by atoms with Crippen LogP contribution in [0.2, 0.25) is 0 Å². The number of hydrogen-bond donors (Lipinski definition) is 6. The van der Waals surface area contributed by atoms with Gasteiger partial charge in [0.25, 0.3) is 0 Å². The molecule has 3 saturated heterocycles. The van der Waals surface area contributed by atoms with E-state index in [0.717, 1.165) is 44.1 Å². The number of fused-ring (bicyclic) bond motifs is 5. The molecular weight excluding hydrogens is 716 g/mol. The molecule has 4 aliphatic carbocycles. The number of cyclic esters (lactones) is 1. The van der Waals surface area contributed by atoms with Crippen LogP contribution in [0.1, 0.15) is 105 Å². The summed E-state index contributed by atoms with van der Waals surface area (Å²) < 4.78 is 42.1. The summed E-state index contributed by atoms with van der Waals surface area (Å²) in [5.41, 5.74) is -0.892. The lowest BCUT2D eigenvalue weighted by Gasteiger charge is -2.65. The molecule has 0 bridgehead atoms. The van der Waals surface area contributed by atoms with E-state index in [1.165, 1.54) is 0 Å². The lowest BCUT2D eigenvalue weighted by molar-refractivity contribution is -0.336. The van der Waals surface area contributed by atoms with Gasteiger partial charge >= 0.3 is 5.97 Å². The molecule has 0 unspecified atom stereocenters. The third-order valence-corrected chi connectivity index (χ3v) is 16.0. The summed E-state index contributed by atoms with van der Waals surface area (Å²) in [5, 5.41) is 66.9. The molecule has 4 aliphatic heterocycles. The van der Waals surface area contributed by atoms with Gasteiger partial charge in [0, 0.05) is 30.8 Å². The first-order chi connectivity index (χ1) is 26.0. The van der Waals surface area contributed by atoms with Gasteiger partial charge in [0.15, 0.2) is 18.9 Å². The van der Waals surface area contributed by atoms with E-state index in [9.17, 15) is 35.4 Å². The minimum absolute atomic E-state index is 0.0452. The van der Waals surface area contributed by atoms with Crippen LogP contribution in [0.25, 0.3) is 0 Å². The van der Waals surface area contributed by atoms with E-state index in [0.29, 0.717) is 18.8 Å². The van der Waals surface area contributed by atoms with Crippen LogP contribution in [0.15, 0.2) is 11.6 Å². The first kappa shape index (κ1) is 40.5. The van der Waals surface area contributed by atoms with Crippen molar-refractivity contribution in [2.45, 2.75) is 197 Å². The van der Waals surface area contributed by atoms with Crippen LogP contribution in [-0.2, 0) is 38.0 Å². The largest absolute Gasteiger partial charge is 0.458 e. The first-order valence-electron chi connectivity index (χ1n) is 20.9. The Labute approximate surface area is 323 Å². The zero-order valence-electron chi connectivity index (χ0n) is 32.9. The van der Waals surface area contributed by atoms with Crippen LogP contribution < -0.4 is 0 Å². The van der Waals surface area contributed by atoms with Gasteiger partial charge in [-0.15, -0.1) is 0 Å². The summed E-state index contributed by atoms with van der Waals surface area (Å²) in [7, 11) is 0. The predicted octanol–water partition coefficient (Wildman–Crippen LogP) is 2.22. The van der Waals surface area contributed by atoms with Gasteiger partial charge in [-0.1, -0.05) is 13.8 Å². The van der Waals surface area contributed by atoms with Gasteiger partial charge in [-0.2, -0.15) is 0 Å². The molecule has 8 rings (SSSR count). The fourth-order valence-electron chi connectivity index (χ4n) is 12.8. The molecule has 4 saturated carbocycles. The molecule has 6 N–H and O–H groups in total. The molecule has 312 valence electrons. The van der Waals surface area contributed by atoms with Crippen molar-refractivity contribution in [1.29, 1.82) is 0 Å². The minimum atomic E-state index is -1.01. The molecule has 21 atom stereocenters. The lowest BCUT2D eigenvalue weighted by Crippen LogP contribution is -2.67. The molecule has 4 heterocycles. The molecule has 0 amide bonds. The van der Waals surface area contributed by atoms with E-state index in [4.69, 9.17) is 33.2 Å². The maximum absolute atomic E-state index is 12.6. The van der Waals surface area contributed by atoms with Crippen molar-refractivity contribution in [1.82, 2.24) is 0 Å². The molecule has 7 fully saturated rings. The molecule has 0 radical (unpaired) electrons. The Bertz CT molecular complexity index is 1410. The van der Waals surface area contributed by atoms with E-state index >= 15 is 0 Å². The third kappa shape index (κ3) is 6.95. The number of ether oxygens (including phenoxy) is 7. The monoisotopic (exact) mass is 780 g/mol. The third-order valence-electron chi connectivity index (χ3n) is 16.0. The van der Waals surface area contributed by atoms with Gasteiger partial charge < -0.3 is 63.8 Å². The quantitative estimate of drug-likeness (QED) is 0.162. The van der Waals surface area contributed by atoms with Gasteiger partial charge in [-0.25, -0.2) is 4.79 Å². The number of rotatable bonds is 7. The van der Waals surface area contributed by atoms with Crippen molar-refractivity contribution in [2.24, 2.45) is 34.5 Å². The SMILES string of the molecule is C[C@H]1O[C@@H](O[C@H]2[C@@H](O)C[C@H](O[C@H]3[C@@H](O)C[C@H](O[C@H]4CC[C@@]5(C)[C@H](CC[C@@H]6[C@@H]5C[C@@H](O)[C@]5(C)[C@@H](C7=CC(=O)OC7)CC[C@]65O)C4)O[C@@H]3C)O[C@@H]2C)C[C@@H](O)[C@@H]1O. The number of carbonyl (C=O) groups is 1. The van der Waals surface area contributed by atoms with Crippen LogP contribution >= 0.6 is 0 Å². The molecule has 14 nitrogen and oxygen atoms in total. The second-order valence-corrected chi connectivity index (χ2v) is 18.8. The van der Waals surface area contributed by atoms with Crippen molar-refractivity contribution in [3.63, 3.8) is 0 Å². The molecule has 8 aliphatic rings. The number of esters is 1. The second kappa shape index (κ2) is 15.1. The Hall–Kier alpha value is -1.27. The summed E-state index contributed by atoms with van der Waals surface area (Å²) in [6.07, 6.45) is -1.51. The maximum atomic E-state index is 12.6. The van der Waals surface area contributed by atoms with Gasteiger partial charge in [0.05, 0.1) is 54.4 Å². The molecule has 14 heteroatoms. The Morgan fingerprint density at radius 1 is 0.691 bits per heavy atom. The normalized spacial score (nSPS) is 55.5. The van der Waals surface area contributed by atoms with Crippen molar-refractivity contribution < 1.29 is 68.6 Å². The van der Waals surface area contributed by atoms with E-state index in [-0.39, 0.29) is 61.1 Å². The molecule has 0 aromatic carbocycles. The Balaban J connectivity index is 0.837. The smallest absolute Gasteiger partial charge is 0.331 e. The number of hydrogen-bond acceptors (Lipinski definition) is 14. The topological polar surface area (TPSA) is 203 Å². The highest BCUT2D eigenvalue weighted by Crippen LogP contribution is 2.70. The molecule has 55 heavy (non-hydrogen) atoms. The summed E-state index contributed by atoms with van der Waals surface area (Å²) in [6, 6.07) is 0. The van der Waals surface area contributed by atoms with Gasteiger partial charge in [-0.05, 0) is 107 Å². The number of aliphatic hydroxyl groups excluding tert-OH is 5. The van der Waals surface area contributed by atoms with Crippen LogP contribution in [-0.4, -0.2) is 135 Å². The molecule has 0 spiro atoms. The maximum Gasteiger partial charge on any atom is 0.331 e. The average molecular weight is 781 g/mol. The highest BCUT2D eigenvalue weighted by Gasteiger charge is 2.71. The predicted molar refractivity (Wildman–Crippen MR) is 193 cm³/mol. The van der Waals surface area contributed by atoms with E-state index in [1.54, 1.807) is 19.9 Å². The van der Waals surface area contributed by atoms with Crippen molar-refractivity contribution >= 4 is 5.97 Å². The van der Waals surface area contributed by atoms with E-state index in [2.05, 4.69) is 6.92 Å². The fourth-order valence-corrected chi connectivity index (χ4v) is 12.8. The first-order valence-corrected chi connectivity index (χ1v) is 20.9. The minimum Gasteiger partial charge on any atom is -0.458 e. The second-order valence-electron chi connectivity index (χ2n) is 18.8. The summed E-state index contributed by atoms with van der Waals surface area (Å²) >= 11 is 0. The van der Waals surface area contributed by atoms with Crippen LogP contribution in [0.4, 0.5) is 0 Å². The van der Waals surface area contributed by atoms with Gasteiger partial charge in [-0.3, -0.25) is 0 Å². The van der Waals surface area contributed by atoms with Crippen LogP contribution in [0, 0.1) is 34.5 Å². The van der Waals surface area contributed by atoms with Crippen molar-refractivity contribution in [3.05, 3.63) is 11.6 Å². The summed E-state index contributed by atoms with van der Waals surface area (Å²) in [6.45, 7) is 9.90. The fraction of sp³-hybridized carbons (Fsp3) is 0.927. The van der Waals surface area contributed by atoms with Gasteiger partial charge in [0.1, 0.15) is 24.9 Å². The standard InChI is InChI=1S/C41H64O14/c1-19-36(47)28(42)15-34(50-19)54-38-21(3)52-35(17-30(38)44)55-37-20(2)51-33(16-29(37)43)53-24-8-10-39(4)23(13-24)6-7-26-27(39)14-31(45)40(5)25(9-11-41(26,40)48)22-12-32(46)49-18-22/h12,19-21,23-31,33-38,42-45,47-48H,6-11,13-18H2,1-5H3/t19-,20-,21-,23-,24+,25-,26-,27+,28-,29+,30+,31-,33+,34+,35+,36-,37-,38-,39+,40+,41+/m1/s1. The molecule has 0 aromatic rings. The van der Waals surface area contributed by atoms with Crippen LogP contribution in [0.5, 0.6) is 0 Å². The lowest BCUT2D eigenvalue weighted by atomic mass is 9.42. The Morgan fingerprint density at radius 3 is 1.87 bits per heavy atom. The highest BCUT2D eigenvalue weighted by molar-refractivity contribution is 5.85. The molecule has 0 aromatic heterocycles. The number of carbonyl (C=O) groups excluding carboxylic acids is 1. The van der Waals surface area contributed by atoms with Crippen molar-refractivity contribution in [2.75, 3.05) is 6.61 Å². The Morgan fingerprint density at radius 2 is 1.29 bits per heavy atom. The van der Waals surface area contributed by atoms with E-state index < -0.39 is 90.9 Å².